The molecule has 0 saturated heterocycles. The predicted octanol–water partition coefficient (Wildman–Crippen LogP) is 5.65. The summed E-state index contributed by atoms with van der Waals surface area (Å²) in [7, 11) is 3.56. The normalized spacial score (nSPS) is 14.8. The summed E-state index contributed by atoms with van der Waals surface area (Å²) in [5.41, 5.74) is 3.75. The van der Waals surface area contributed by atoms with Crippen LogP contribution in [0.2, 0.25) is 5.02 Å². The highest BCUT2D eigenvalue weighted by Crippen LogP contribution is 2.37. The van der Waals surface area contributed by atoms with Crippen molar-refractivity contribution in [1.29, 1.82) is 0 Å². The fourth-order valence-corrected chi connectivity index (χ4v) is 3.27. The van der Waals surface area contributed by atoms with E-state index in [1.807, 2.05) is 47.2 Å². The van der Waals surface area contributed by atoms with Gasteiger partial charge in [0.1, 0.15) is 17.3 Å². The van der Waals surface area contributed by atoms with Crippen molar-refractivity contribution in [2.75, 3.05) is 19.5 Å². The summed E-state index contributed by atoms with van der Waals surface area (Å²) < 4.78 is 7.43. The van der Waals surface area contributed by atoms with Gasteiger partial charge in [-0.15, -0.1) is 0 Å². The lowest BCUT2D eigenvalue weighted by molar-refractivity contribution is 0.416. The maximum absolute atomic E-state index is 6.26. The summed E-state index contributed by atoms with van der Waals surface area (Å²) in [6.45, 7) is 12.3. The lowest BCUT2D eigenvalue weighted by Gasteiger charge is -2.21. The first-order chi connectivity index (χ1) is 14.3. The standard InChI is InChI=1S/C23H26ClN5O/c1-7-18(23-25-11-8-12-28(23)5)16(4)26-20-14-29(15(2)3)27-22(20)19-13-17(24)9-10-21(19)30-6/h7-15,26H,1,4H2,2-3,5-6H3/b23-18+. The molecule has 0 aliphatic carbocycles. The maximum Gasteiger partial charge on any atom is 0.141 e. The largest absolute Gasteiger partial charge is 0.496 e. The van der Waals surface area contributed by atoms with Crippen LogP contribution < -0.4 is 10.1 Å². The van der Waals surface area contributed by atoms with Gasteiger partial charge in [-0.1, -0.05) is 30.8 Å². The molecular weight excluding hydrogens is 398 g/mol. The average molecular weight is 424 g/mol. The molecule has 1 aliphatic heterocycles. The third-order valence-electron chi connectivity index (χ3n) is 4.66. The Morgan fingerprint density at radius 1 is 1.33 bits per heavy atom. The smallest absolute Gasteiger partial charge is 0.141 e. The van der Waals surface area contributed by atoms with E-state index >= 15 is 0 Å². The van der Waals surface area contributed by atoms with Gasteiger partial charge in [-0.25, -0.2) is 4.99 Å². The number of ether oxygens (including phenoxy) is 1. The van der Waals surface area contributed by atoms with Gasteiger partial charge in [0.2, 0.25) is 0 Å². The van der Waals surface area contributed by atoms with Gasteiger partial charge < -0.3 is 15.0 Å². The van der Waals surface area contributed by atoms with Crippen LogP contribution in [0.4, 0.5) is 5.69 Å². The topological polar surface area (TPSA) is 54.7 Å². The highest BCUT2D eigenvalue weighted by atomic mass is 35.5. The van der Waals surface area contributed by atoms with Crippen LogP contribution in [-0.2, 0) is 0 Å². The van der Waals surface area contributed by atoms with E-state index in [-0.39, 0.29) is 6.04 Å². The monoisotopic (exact) mass is 423 g/mol. The van der Waals surface area contributed by atoms with Gasteiger partial charge in [0.15, 0.2) is 0 Å². The minimum Gasteiger partial charge on any atom is -0.496 e. The molecule has 1 aromatic carbocycles. The van der Waals surface area contributed by atoms with Crippen molar-refractivity contribution in [3.8, 4) is 17.0 Å². The molecule has 7 heteroatoms. The van der Waals surface area contributed by atoms with Gasteiger partial charge in [-0.2, -0.15) is 5.10 Å². The summed E-state index contributed by atoms with van der Waals surface area (Å²) >= 11 is 6.26. The molecule has 0 atom stereocenters. The quantitative estimate of drug-likeness (QED) is 0.625. The highest BCUT2D eigenvalue weighted by Gasteiger charge is 2.19. The van der Waals surface area contributed by atoms with Crippen LogP contribution in [0.15, 0.2) is 78.0 Å². The zero-order chi connectivity index (χ0) is 21.8. The number of benzene rings is 1. The second-order valence-electron chi connectivity index (χ2n) is 7.09. The number of aliphatic imine (C=N–C) groups is 1. The number of halogens is 1. The van der Waals surface area contributed by atoms with E-state index in [1.165, 1.54) is 0 Å². The molecule has 6 nitrogen and oxygen atoms in total. The lowest BCUT2D eigenvalue weighted by Crippen LogP contribution is -2.15. The third kappa shape index (κ3) is 4.33. The highest BCUT2D eigenvalue weighted by molar-refractivity contribution is 6.31. The molecule has 1 N–H and O–H groups in total. The number of anilines is 1. The number of allylic oxidation sites excluding steroid dienone is 2. The van der Waals surface area contributed by atoms with Gasteiger partial charge in [-0.3, -0.25) is 4.68 Å². The zero-order valence-corrected chi connectivity index (χ0v) is 18.4. The second-order valence-corrected chi connectivity index (χ2v) is 7.52. The first kappa shape index (κ1) is 21.5. The molecule has 0 radical (unpaired) electrons. The third-order valence-corrected chi connectivity index (χ3v) is 4.90. The molecular formula is C23H26ClN5O. The van der Waals surface area contributed by atoms with Crippen molar-refractivity contribution >= 4 is 23.5 Å². The number of methoxy groups -OCH3 is 1. The SMILES string of the molecule is C=C/C(C(=C)Nc1cn(C(C)C)nc1-c1cc(Cl)ccc1OC)=C1/N=CC=CN1C. The Labute approximate surface area is 182 Å². The van der Waals surface area contributed by atoms with Crippen molar-refractivity contribution in [2.45, 2.75) is 19.9 Å². The Balaban J connectivity index is 2.06. The van der Waals surface area contributed by atoms with Crippen LogP contribution in [0.25, 0.3) is 11.3 Å². The minimum absolute atomic E-state index is 0.175. The molecule has 0 bridgehead atoms. The van der Waals surface area contributed by atoms with Crippen molar-refractivity contribution in [3.05, 3.63) is 78.0 Å². The summed E-state index contributed by atoms with van der Waals surface area (Å²) in [5, 5.41) is 8.78. The Bertz CT molecular complexity index is 1060. The molecule has 1 aromatic heterocycles. The average Bonchev–Trinajstić information content (AvgIpc) is 3.14. The molecule has 1 aliphatic rings. The fourth-order valence-electron chi connectivity index (χ4n) is 3.09. The van der Waals surface area contributed by atoms with Crippen LogP contribution in [0, 0.1) is 0 Å². The minimum atomic E-state index is 0.175. The number of aromatic nitrogens is 2. The Morgan fingerprint density at radius 3 is 2.73 bits per heavy atom. The van der Waals surface area contributed by atoms with Gasteiger partial charge in [0, 0.05) is 53.6 Å². The van der Waals surface area contributed by atoms with Gasteiger partial charge in [0.05, 0.1) is 12.8 Å². The molecule has 2 heterocycles. The molecule has 156 valence electrons. The molecule has 2 aromatic rings. The van der Waals surface area contributed by atoms with Crippen LogP contribution in [-0.4, -0.2) is 35.1 Å². The molecule has 0 fully saturated rings. The van der Waals surface area contributed by atoms with Gasteiger partial charge >= 0.3 is 0 Å². The number of hydrogen-bond acceptors (Lipinski definition) is 5. The predicted molar refractivity (Wildman–Crippen MR) is 125 cm³/mol. The van der Waals surface area contributed by atoms with E-state index in [0.29, 0.717) is 16.5 Å². The van der Waals surface area contributed by atoms with E-state index in [1.54, 1.807) is 25.5 Å². The molecule has 30 heavy (non-hydrogen) atoms. The van der Waals surface area contributed by atoms with E-state index in [9.17, 15) is 0 Å². The van der Waals surface area contributed by atoms with E-state index in [2.05, 4.69) is 37.3 Å². The first-order valence-corrected chi connectivity index (χ1v) is 9.93. The molecule has 0 spiro atoms. The zero-order valence-electron chi connectivity index (χ0n) is 17.7. The Morgan fingerprint density at radius 2 is 2.10 bits per heavy atom. The fraction of sp³-hybridized carbons (Fsp3) is 0.217. The van der Waals surface area contributed by atoms with Crippen molar-refractivity contribution in [2.24, 2.45) is 4.99 Å². The van der Waals surface area contributed by atoms with Crippen LogP contribution >= 0.6 is 11.6 Å². The Hall–Kier alpha value is -3.25. The van der Waals surface area contributed by atoms with Crippen molar-refractivity contribution in [1.82, 2.24) is 14.7 Å². The van der Waals surface area contributed by atoms with E-state index in [0.717, 1.165) is 28.3 Å². The summed E-state index contributed by atoms with van der Waals surface area (Å²) in [4.78, 5) is 6.38. The van der Waals surface area contributed by atoms with Crippen molar-refractivity contribution < 1.29 is 4.74 Å². The van der Waals surface area contributed by atoms with Crippen molar-refractivity contribution in [3.63, 3.8) is 0 Å². The van der Waals surface area contributed by atoms with Crippen LogP contribution in [0.3, 0.4) is 0 Å². The molecule has 0 unspecified atom stereocenters. The molecule has 3 rings (SSSR count). The number of rotatable bonds is 7. The number of nitrogens with one attached hydrogen (secondary N) is 1. The summed E-state index contributed by atoms with van der Waals surface area (Å²) in [6.07, 6.45) is 9.23. The van der Waals surface area contributed by atoms with Crippen LogP contribution in [0.1, 0.15) is 19.9 Å². The van der Waals surface area contributed by atoms with Gasteiger partial charge in [0.25, 0.3) is 0 Å². The number of nitrogens with zero attached hydrogens (tertiary/aromatic N) is 4. The van der Waals surface area contributed by atoms with Gasteiger partial charge in [-0.05, 0) is 38.1 Å². The Kier molecular flexibility index (Phi) is 6.47. The van der Waals surface area contributed by atoms with E-state index in [4.69, 9.17) is 21.4 Å². The summed E-state index contributed by atoms with van der Waals surface area (Å²) in [5.74, 6) is 1.44. The van der Waals surface area contributed by atoms with Crippen LogP contribution in [0.5, 0.6) is 5.75 Å². The molecule has 0 saturated carbocycles. The second kappa shape index (κ2) is 9.05. The van der Waals surface area contributed by atoms with E-state index < -0.39 is 0 Å². The molecule has 0 amide bonds. The first-order valence-electron chi connectivity index (χ1n) is 9.55. The number of hydrogen-bond donors (Lipinski definition) is 1. The lowest BCUT2D eigenvalue weighted by atomic mass is 10.1. The maximum atomic E-state index is 6.26. The summed E-state index contributed by atoms with van der Waals surface area (Å²) in [6, 6.07) is 5.65.